The lowest BCUT2D eigenvalue weighted by Crippen LogP contribution is -2.52. The molecule has 19 heavy (non-hydrogen) atoms. The van der Waals surface area contributed by atoms with Crippen LogP contribution >= 0.6 is 0 Å². The number of hydrogen-bond donors (Lipinski definition) is 1. The van der Waals surface area contributed by atoms with Crippen molar-refractivity contribution in [2.45, 2.75) is 38.3 Å². The first kappa shape index (κ1) is 13.8. The number of hydrogen-bond acceptors (Lipinski definition) is 3. The fourth-order valence-corrected chi connectivity index (χ4v) is 2.67. The monoisotopic (exact) mass is 263 g/mol. The predicted octanol–water partition coefficient (Wildman–Crippen LogP) is 0.727. The molecule has 1 fully saturated rings. The Morgan fingerprint density at radius 2 is 2.21 bits per heavy atom. The number of aryl methyl sites for hydroxylation is 1. The highest BCUT2D eigenvalue weighted by molar-refractivity contribution is 5.94. The minimum absolute atomic E-state index is 0.0335. The number of rotatable bonds is 2. The van der Waals surface area contributed by atoms with E-state index in [1.165, 1.54) is 4.57 Å². The van der Waals surface area contributed by atoms with Crippen LogP contribution in [0, 0.1) is 0 Å². The number of nitrogens with zero attached hydrogens (tertiary/aromatic N) is 2. The van der Waals surface area contributed by atoms with Crippen LogP contribution in [0.2, 0.25) is 0 Å². The van der Waals surface area contributed by atoms with Crippen molar-refractivity contribution in [1.29, 1.82) is 0 Å². The zero-order valence-electron chi connectivity index (χ0n) is 11.5. The number of pyridine rings is 1. The third kappa shape index (κ3) is 2.71. The summed E-state index contributed by atoms with van der Waals surface area (Å²) >= 11 is 0. The van der Waals surface area contributed by atoms with Gasteiger partial charge in [-0.15, -0.1) is 0 Å². The summed E-state index contributed by atoms with van der Waals surface area (Å²) < 4.78 is 1.43. The van der Waals surface area contributed by atoms with Gasteiger partial charge in [0.25, 0.3) is 11.5 Å². The van der Waals surface area contributed by atoms with Crippen LogP contribution in [0.15, 0.2) is 23.1 Å². The van der Waals surface area contributed by atoms with Gasteiger partial charge < -0.3 is 15.2 Å². The van der Waals surface area contributed by atoms with E-state index in [2.05, 4.69) is 0 Å². The van der Waals surface area contributed by atoms with Crippen LogP contribution in [0.4, 0.5) is 0 Å². The molecule has 2 heterocycles. The van der Waals surface area contributed by atoms with Crippen molar-refractivity contribution in [1.82, 2.24) is 9.47 Å². The normalized spacial score (nSPS) is 21.2. The summed E-state index contributed by atoms with van der Waals surface area (Å²) in [6, 6.07) is 3.28. The highest BCUT2D eigenvalue weighted by Gasteiger charge is 2.30. The SMILES string of the molecule is C[C@@H](N)[C@@H]1CCCCN1C(=O)c1cccn(C)c1=O. The van der Waals surface area contributed by atoms with E-state index in [0.717, 1.165) is 19.3 Å². The van der Waals surface area contributed by atoms with Crippen LogP contribution in [0.1, 0.15) is 36.5 Å². The summed E-state index contributed by atoms with van der Waals surface area (Å²) in [4.78, 5) is 26.3. The predicted molar refractivity (Wildman–Crippen MR) is 74.0 cm³/mol. The Balaban J connectivity index is 2.32. The summed E-state index contributed by atoms with van der Waals surface area (Å²) in [7, 11) is 1.65. The van der Waals surface area contributed by atoms with Crippen LogP contribution in [-0.4, -0.2) is 34.0 Å². The molecule has 2 rings (SSSR count). The number of nitrogens with two attached hydrogens (primary N) is 1. The Bertz CT molecular complexity index is 522. The van der Waals surface area contributed by atoms with Crippen molar-refractivity contribution in [3.8, 4) is 0 Å². The van der Waals surface area contributed by atoms with Crippen molar-refractivity contribution in [2.75, 3.05) is 6.54 Å². The molecule has 0 unspecified atom stereocenters. The minimum Gasteiger partial charge on any atom is -0.334 e. The Hall–Kier alpha value is -1.62. The van der Waals surface area contributed by atoms with Gasteiger partial charge >= 0.3 is 0 Å². The molecule has 5 nitrogen and oxygen atoms in total. The van der Waals surface area contributed by atoms with Crippen molar-refractivity contribution < 1.29 is 4.79 Å². The van der Waals surface area contributed by atoms with E-state index in [4.69, 9.17) is 5.73 Å². The average Bonchev–Trinajstić information content (AvgIpc) is 2.41. The first-order valence-electron chi connectivity index (χ1n) is 6.74. The van der Waals surface area contributed by atoms with Crippen molar-refractivity contribution in [2.24, 2.45) is 12.8 Å². The maximum atomic E-state index is 12.5. The zero-order valence-corrected chi connectivity index (χ0v) is 11.5. The molecule has 1 aromatic rings. The topological polar surface area (TPSA) is 68.3 Å². The van der Waals surface area contributed by atoms with Crippen LogP contribution in [-0.2, 0) is 7.05 Å². The van der Waals surface area contributed by atoms with Crippen LogP contribution < -0.4 is 11.3 Å². The Labute approximate surface area is 113 Å². The molecule has 1 saturated heterocycles. The van der Waals surface area contributed by atoms with E-state index < -0.39 is 0 Å². The first-order valence-corrected chi connectivity index (χ1v) is 6.74. The number of carbonyl (C=O) groups is 1. The second kappa shape index (κ2) is 5.57. The summed E-state index contributed by atoms with van der Waals surface area (Å²) in [5.74, 6) is -0.191. The second-order valence-electron chi connectivity index (χ2n) is 5.26. The summed E-state index contributed by atoms with van der Waals surface area (Å²) in [6.45, 7) is 2.60. The van der Waals surface area contributed by atoms with Gasteiger partial charge in [0.15, 0.2) is 0 Å². The van der Waals surface area contributed by atoms with Gasteiger partial charge in [-0.1, -0.05) is 0 Å². The van der Waals surface area contributed by atoms with Gasteiger partial charge in [-0.2, -0.15) is 0 Å². The minimum atomic E-state index is -0.249. The van der Waals surface area contributed by atoms with Crippen LogP contribution in [0.5, 0.6) is 0 Å². The Morgan fingerprint density at radius 1 is 1.47 bits per heavy atom. The lowest BCUT2D eigenvalue weighted by molar-refractivity contribution is 0.0581. The van der Waals surface area contributed by atoms with E-state index in [9.17, 15) is 9.59 Å². The quantitative estimate of drug-likeness (QED) is 0.855. The fraction of sp³-hybridized carbons (Fsp3) is 0.571. The number of likely N-dealkylation sites (tertiary alicyclic amines) is 1. The van der Waals surface area contributed by atoms with Gasteiger partial charge in [-0.05, 0) is 38.3 Å². The van der Waals surface area contributed by atoms with E-state index in [0.29, 0.717) is 6.54 Å². The van der Waals surface area contributed by atoms with Crippen molar-refractivity contribution in [3.05, 3.63) is 34.2 Å². The maximum absolute atomic E-state index is 12.5. The molecule has 5 heteroatoms. The number of aromatic nitrogens is 1. The maximum Gasteiger partial charge on any atom is 0.263 e. The molecule has 0 bridgehead atoms. The largest absolute Gasteiger partial charge is 0.334 e. The average molecular weight is 263 g/mol. The molecule has 0 saturated carbocycles. The van der Waals surface area contributed by atoms with Crippen LogP contribution in [0.3, 0.4) is 0 Å². The van der Waals surface area contributed by atoms with E-state index >= 15 is 0 Å². The third-order valence-corrected chi connectivity index (χ3v) is 3.77. The molecule has 2 atom stereocenters. The fourth-order valence-electron chi connectivity index (χ4n) is 2.67. The van der Waals surface area contributed by atoms with Gasteiger partial charge in [0.1, 0.15) is 5.56 Å². The molecule has 0 aliphatic carbocycles. The lowest BCUT2D eigenvalue weighted by Gasteiger charge is -2.38. The lowest BCUT2D eigenvalue weighted by atomic mass is 9.96. The first-order chi connectivity index (χ1) is 9.02. The zero-order chi connectivity index (χ0) is 14.0. The van der Waals surface area contributed by atoms with E-state index in [1.54, 1.807) is 30.3 Å². The van der Waals surface area contributed by atoms with Gasteiger partial charge in [-0.3, -0.25) is 9.59 Å². The molecular formula is C14H21N3O2. The summed E-state index contributed by atoms with van der Waals surface area (Å²) in [5, 5.41) is 0. The molecule has 104 valence electrons. The molecule has 0 spiro atoms. The van der Waals surface area contributed by atoms with Gasteiger partial charge in [0.2, 0.25) is 0 Å². The molecule has 1 amide bonds. The molecule has 0 radical (unpaired) electrons. The Morgan fingerprint density at radius 3 is 2.89 bits per heavy atom. The standard InChI is InChI=1S/C14H21N3O2/c1-10(15)12-7-3-4-9-17(12)14(19)11-6-5-8-16(2)13(11)18/h5-6,8,10,12H,3-4,7,9,15H2,1-2H3/t10-,12+/m1/s1. The van der Waals surface area contributed by atoms with Gasteiger partial charge in [0.05, 0.1) is 0 Å². The molecule has 1 aliphatic rings. The highest BCUT2D eigenvalue weighted by atomic mass is 16.2. The Kier molecular flexibility index (Phi) is 4.04. The van der Waals surface area contributed by atoms with Gasteiger partial charge in [0, 0.05) is 31.9 Å². The number of amides is 1. The van der Waals surface area contributed by atoms with E-state index in [1.807, 2.05) is 6.92 Å². The second-order valence-corrected chi connectivity index (χ2v) is 5.26. The van der Waals surface area contributed by atoms with Crippen molar-refractivity contribution >= 4 is 5.91 Å². The number of piperidine rings is 1. The smallest absolute Gasteiger partial charge is 0.263 e. The van der Waals surface area contributed by atoms with Crippen LogP contribution in [0.25, 0.3) is 0 Å². The van der Waals surface area contributed by atoms with Crippen molar-refractivity contribution in [3.63, 3.8) is 0 Å². The summed E-state index contributed by atoms with van der Waals surface area (Å²) in [6.07, 6.45) is 4.62. The number of carbonyl (C=O) groups excluding carboxylic acids is 1. The summed E-state index contributed by atoms with van der Waals surface area (Å²) in [5.41, 5.74) is 5.95. The molecule has 2 N–H and O–H groups in total. The molecule has 1 aliphatic heterocycles. The third-order valence-electron chi connectivity index (χ3n) is 3.77. The highest BCUT2D eigenvalue weighted by Crippen LogP contribution is 2.20. The van der Waals surface area contributed by atoms with Gasteiger partial charge in [-0.25, -0.2) is 0 Å². The van der Waals surface area contributed by atoms with E-state index in [-0.39, 0.29) is 29.1 Å². The molecule has 0 aromatic carbocycles. The molecule has 1 aromatic heterocycles. The molecular weight excluding hydrogens is 242 g/mol.